The van der Waals surface area contributed by atoms with E-state index in [1.807, 2.05) is 32.0 Å². The lowest BCUT2D eigenvalue weighted by atomic mass is 10.1. The van der Waals surface area contributed by atoms with Gasteiger partial charge in [0.1, 0.15) is 11.4 Å². The number of hydrogen-bond donors (Lipinski definition) is 2. The first kappa shape index (κ1) is 18.1. The van der Waals surface area contributed by atoms with Gasteiger partial charge >= 0.3 is 0 Å². The van der Waals surface area contributed by atoms with Gasteiger partial charge in [-0.1, -0.05) is 23.8 Å². The van der Waals surface area contributed by atoms with Crippen LogP contribution in [0.25, 0.3) is 0 Å². The lowest BCUT2D eigenvalue weighted by Gasteiger charge is -2.32. The number of carbonyl (C=O) groups is 1. The van der Waals surface area contributed by atoms with Crippen LogP contribution in [0.4, 0.5) is 0 Å². The highest BCUT2D eigenvalue weighted by molar-refractivity contribution is 5.94. The lowest BCUT2D eigenvalue weighted by Crippen LogP contribution is -2.42. The van der Waals surface area contributed by atoms with Gasteiger partial charge in [-0.15, -0.1) is 0 Å². The van der Waals surface area contributed by atoms with E-state index in [2.05, 4.69) is 10.3 Å². The number of fused-ring (bicyclic) bond motifs is 1. The molecule has 0 unspecified atom stereocenters. The number of benzene rings is 1. The third-order valence-corrected chi connectivity index (χ3v) is 4.62. The normalized spacial score (nSPS) is 15.4. The van der Waals surface area contributed by atoms with Crippen LogP contribution in [0, 0.1) is 13.8 Å². The zero-order chi connectivity index (χ0) is 19.1. The van der Waals surface area contributed by atoms with E-state index >= 15 is 0 Å². The third kappa shape index (κ3) is 3.22. The maximum absolute atomic E-state index is 12.6. The van der Waals surface area contributed by atoms with Gasteiger partial charge in [0.15, 0.2) is 5.69 Å². The van der Waals surface area contributed by atoms with Gasteiger partial charge in [-0.05, 0) is 38.8 Å². The number of nitrogens with one attached hydrogen (secondary N) is 1. The van der Waals surface area contributed by atoms with E-state index in [0.29, 0.717) is 19.0 Å². The van der Waals surface area contributed by atoms with Crippen molar-refractivity contribution in [1.82, 2.24) is 14.9 Å². The van der Waals surface area contributed by atoms with Gasteiger partial charge in [0, 0.05) is 6.54 Å². The van der Waals surface area contributed by atoms with Crippen molar-refractivity contribution in [2.45, 2.75) is 46.4 Å². The summed E-state index contributed by atoms with van der Waals surface area (Å²) in [4.78, 5) is 29.3. The minimum absolute atomic E-state index is 0.273. The maximum Gasteiger partial charge on any atom is 0.296 e. The van der Waals surface area contributed by atoms with Gasteiger partial charge in [-0.25, -0.2) is 4.98 Å². The highest BCUT2D eigenvalue weighted by Crippen LogP contribution is 2.27. The van der Waals surface area contributed by atoms with Gasteiger partial charge in [-0.3, -0.25) is 14.2 Å². The monoisotopic (exact) mass is 357 g/mol. The molecule has 3 rings (SSSR count). The standard InChI is InChI=1S/C19H23N3O4/c1-11-5-6-12(2)13(9-11)10-20-16(24)14-15(23)17(25)22-7-8-26-19(3,4)18(22)21-14/h5-6,9,23H,7-8,10H2,1-4H3,(H,20,24). The van der Waals surface area contributed by atoms with E-state index in [9.17, 15) is 14.7 Å². The molecule has 1 aromatic carbocycles. The first-order valence-electron chi connectivity index (χ1n) is 8.53. The summed E-state index contributed by atoms with van der Waals surface area (Å²) in [7, 11) is 0. The molecule has 1 aliphatic rings. The summed E-state index contributed by atoms with van der Waals surface area (Å²) in [6, 6.07) is 5.97. The highest BCUT2D eigenvalue weighted by atomic mass is 16.5. The minimum atomic E-state index is -0.812. The number of nitrogens with zero attached hydrogens (tertiary/aromatic N) is 2. The van der Waals surface area contributed by atoms with E-state index in [4.69, 9.17) is 4.74 Å². The highest BCUT2D eigenvalue weighted by Gasteiger charge is 2.34. The Labute approximate surface area is 151 Å². The van der Waals surface area contributed by atoms with Gasteiger partial charge in [0.05, 0.1) is 13.2 Å². The Hall–Kier alpha value is -2.67. The molecule has 2 heterocycles. The molecule has 0 spiro atoms. The van der Waals surface area contributed by atoms with Gasteiger partial charge in [-0.2, -0.15) is 0 Å². The summed E-state index contributed by atoms with van der Waals surface area (Å²) in [6.07, 6.45) is 0. The Morgan fingerprint density at radius 3 is 2.85 bits per heavy atom. The molecule has 138 valence electrons. The molecule has 0 fully saturated rings. The fourth-order valence-electron chi connectivity index (χ4n) is 3.08. The fourth-order valence-corrected chi connectivity index (χ4v) is 3.08. The van der Waals surface area contributed by atoms with Crippen LogP contribution >= 0.6 is 0 Å². The summed E-state index contributed by atoms with van der Waals surface area (Å²) in [6.45, 7) is 8.42. The van der Waals surface area contributed by atoms with Crippen molar-refractivity contribution in [2.75, 3.05) is 6.61 Å². The summed E-state index contributed by atoms with van der Waals surface area (Å²) in [5.74, 6) is -0.890. The number of amides is 1. The Kier molecular flexibility index (Phi) is 4.58. The largest absolute Gasteiger partial charge is 0.501 e. The number of carbonyl (C=O) groups excluding carboxylic acids is 1. The molecular weight excluding hydrogens is 334 g/mol. The molecule has 0 bridgehead atoms. The van der Waals surface area contributed by atoms with Crippen LogP contribution in [0.2, 0.25) is 0 Å². The second kappa shape index (κ2) is 6.57. The summed E-state index contributed by atoms with van der Waals surface area (Å²) >= 11 is 0. The molecule has 1 aliphatic heterocycles. The number of aryl methyl sites for hydroxylation is 2. The van der Waals surface area contributed by atoms with E-state index in [1.165, 1.54) is 4.57 Å². The van der Waals surface area contributed by atoms with E-state index in [1.54, 1.807) is 13.8 Å². The molecule has 1 aromatic heterocycles. The van der Waals surface area contributed by atoms with Crippen LogP contribution in [-0.2, 0) is 23.4 Å². The molecule has 2 aromatic rings. The van der Waals surface area contributed by atoms with Crippen LogP contribution in [-0.4, -0.2) is 27.2 Å². The number of hydrogen-bond acceptors (Lipinski definition) is 5. The van der Waals surface area contributed by atoms with Crippen molar-refractivity contribution >= 4 is 5.91 Å². The average Bonchev–Trinajstić information content (AvgIpc) is 2.58. The molecule has 0 atom stereocenters. The second-order valence-electron chi connectivity index (χ2n) is 7.06. The molecule has 0 radical (unpaired) electrons. The Bertz CT molecular complexity index is 931. The molecular formula is C19H23N3O4. The van der Waals surface area contributed by atoms with Crippen LogP contribution < -0.4 is 10.9 Å². The lowest BCUT2D eigenvalue weighted by molar-refractivity contribution is -0.0566. The predicted molar refractivity (Wildman–Crippen MR) is 96.2 cm³/mol. The molecule has 0 aliphatic carbocycles. The quantitative estimate of drug-likeness (QED) is 0.873. The Morgan fingerprint density at radius 1 is 1.38 bits per heavy atom. The predicted octanol–water partition coefficient (Wildman–Crippen LogP) is 1.76. The third-order valence-electron chi connectivity index (χ3n) is 4.62. The molecule has 0 saturated carbocycles. The van der Waals surface area contributed by atoms with Gasteiger partial charge in [0.25, 0.3) is 11.5 Å². The minimum Gasteiger partial charge on any atom is -0.501 e. The topological polar surface area (TPSA) is 93.5 Å². The molecule has 26 heavy (non-hydrogen) atoms. The van der Waals surface area contributed by atoms with Crippen LogP contribution in [0.5, 0.6) is 5.75 Å². The molecule has 7 nitrogen and oxygen atoms in total. The van der Waals surface area contributed by atoms with Crippen LogP contribution in [0.1, 0.15) is 46.9 Å². The van der Waals surface area contributed by atoms with Gasteiger partial charge in [0.2, 0.25) is 5.75 Å². The number of aromatic hydroxyl groups is 1. The van der Waals surface area contributed by atoms with E-state index < -0.39 is 22.8 Å². The van der Waals surface area contributed by atoms with E-state index in [-0.39, 0.29) is 12.2 Å². The first-order valence-corrected chi connectivity index (χ1v) is 8.53. The number of rotatable bonds is 3. The SMILES string of the molecule is Cc1ccc(C)c(CNC(=O)c2nc3n(c(=O)c2O)CCOC3(C)C)c1. The first-order chi connectivity index (χ1) is 12.2. The Balaban J connectivity index is 1.91. The van der Waals surface area contributed by atoms with Crippen molar-refractivity contribution in [3.05, 3.63) is 56.8 Å². The molecule has 2 N–H and O–H groups in total. The Morgan fingerprint density at radius 2 is 2.12 bits per heavy atom. The molecule has 0 saturated heterocycles. The smallest absolute Gasteiger partial charge is 0.296 e. The number of ether oxygens (including phenoxy) is 1. The van der Waals surface area contributed by atoms with Crippen LogP contribution in [0.3, 0.4) is 0 Å². The number of aromatic nitrogens is 2. The second-order valence-corrected chi connectivity index (χ2v) is 7.06. The van der Waals surface area contributed by atoms with E-state index in [0.717, 1.165) is 16.7 Å². The van der Waals surface area contributed by atoms with Crippen LogP contribution in [0.15, 0.2) is 23.0 Å². The van der Waals surface area contributed by atoms with Crippen molar-refractivity contribution in [3.8, 4) is 5.75 Å². The van der Waals surface area contributed by atoms with Crippen molar-refractivity contribution in [1.29, 1.82) is 0 Å². The zero-order valence-electron chi connectivity index (χ0n) is 15.4. The van der Waals surface area contributed by atoms with Gasteiger partial charge < -0.3 is 15.2 Å². The summed E-state index contributed by atoms with van der Waals surface area (Å²) < 4.78 is 7.01. The molecule has 7 heteroatoms. The van der Waals surface area contributed by atoms with Crippen molar-refractivity contribution in [2.24, 2.45) is 0 Å². The summed E-state index contributed by atoms with van der Waals surface area (Å²) in [5, 5.41) is 12.9. The zero-order valence-corrected chi connectivity index (χ0v) is 15.4. The maximum atomic E-state index is 12.6. The molecule has 1 amide bonds. The van der Waals surface area contributed by atoms with Crippen molar-refractivity contribution in [3.63, 3.8) is 0 Å². The fraction of sp³-hybridized carbons (Fsp3) is 0.421. The summed E-state index contributed by atoms with van der Waals surface area (Å²) in [5.41, 5.74) is 1.40. The van der Waals surface area contributed by atoms with Crippen molar-refractivity contribution < 1.29 is 14.6 Å². The average molecular weight is 357 g/mol.